The molecule has 0 aromatic rings. The van der Waals surface area contributed by atoms with E-state index in [1.165, 1.54) is 10.8 Å². The molecular weight excluding hydrogens is 164 g/mol. The van der Waals surface area contributed by atoms with Crippen molar-refractivity contribution < 1.29 is 5.21 Å². The summed E-state index contributed by atoms with van der Waals surface area (Å²) in [4.78, 5) is 4.25. The summed E-state index contributed by atoms with van der Waals surface area (Å²) in [5.41, 5.74) is 0.799. The first-order valence-corrected chi connectivity index (χ1v) is 4.73. The number of hydroxylamine groups is 2. The number of aliphatic imine (C=N–C) groups is 1. The molecule has 1 aliphatic heterocycles. The predicted molar refractivity (Wildman–Crippen MR) is 54.4 cm³/mol. The summed E-state index contributed by atoms with van der Waals surface area (Å²) in [6.45, 7) is 8.16. The third-order valence-electron chi connectivity index (χ3n) is 2.74. The molecule has 1 aliphatic rings. The van der Waals surface area contributed by atoms with Gasteiger partial charge in [0.2, 0.25) is 0 Å². The Balaban J connectivity index is 2.95. The lowest BCUT2D eigenvalue weighted by Gasteiger charge is -2.48. The van der Waals surface area contributed by atoms with Crippen LogP contribution in [0.25, 0.3) is 0 Å². The molecule has 13 heavy (non-hydrogen) atoms. The molecule has 0 saturated carbocycles. The molecule has 1 rings (SSSR count). The lowest BCUT2D eigenvalue weighted by atomic mass is 9.81. The average Bonchev–Trinajstić information content (AvgIpc) is 1.99. The van der Waals surface area contributed by atoms with E-state index in [0.29, 0.717) is 0 Å². The summed E-state index contributed by atoms with van der Waals surface area (Å²) < 4.78 is 0. The molecule has 0 bridgehead atoms. The highest BCUT2D eigenvalue weighted by Crippen LogP contribution is 2.34. The van der Waals surface area contributed by atoms with Crippen LogP contribution in [-0.4, -0.2) is 34.1 Å². The van der Waals surface area contributed by atoms with Gasteiger partial charge in [0.05, 0.1) is 0 Å². The van der Waals surface area contributed by atoms with E-state index >= 15 is 0 Å². The van der Waals surface area contributed by atoms with Gasteiger partial charge in [-0.3, -0.25) is 4.99 Å². The second kappa shape index (κ2) is 3.07. The maximum atomic E-state index is 9.96. The standard InChI is InChI=1S/C10H20N2O/c1-9(2)6-8(11-5)7-10(3,4)12(9)13/h13H,6-7H2,1-5H3. The molecule has 76 valence electrons. The molecule has 3 nitrogen and oxygen atoms in total. The fourth-order valence-corrected chi connectivity index (χ4v) is 2.19. The summed E-state index contributed by atoms with van der Waals surface area (Å²) in [6.07, 6.45) is 1.70. The van der Waals surface area contributed by atoms with Crippen LogP contribution in [0.5, 0.6) is 0 Å². The van der Waals surface area contributed by atoms with Crippen LogP contribution < -0.4 is 0 Å². The van der Waals surface area contributed by atoms with E-state index in [1.54, 1.807) is 0 Å². The highest BCUT2D eigenvalue weighted by atomic mass is 16.5. The molecular formula is C10H20N2O. The van der Waals surface area contributed by atoms with E-state index in [-0.39, 0.29) is 11.1 Å². The molecule has 1 N–H and O–H groups in total. The van der Waals surface area contributed by atoms with Crippen LogP contribution in [0.3, 0.4) is 0 Å². The molecule has 1 heterocycles. The van der Waals surface area contributed by atoms with Gasteiger partial charge in [-0.25, -0.2) is 0 Å². The summed E-state index contributed by atoms with van der Waals surface area (Å²) >= 11 is 0. The Morgan fingerprint density at radius 2 is 1.54 bits per heavy atom. The normalized spacial score (nSPS) is 27.4. The Kier molecular flexibility index (Phi) is 2.52. The molecule has 0 unspecified atom stereocenters. The van der Waals surface area contributed by atoms with Gasteiger partial charge in [0, 0.05) is 36.7 Å². The highest BCUT2D eigenvalue weighted by Gasteiger charge is 2.43. The molecule has 1 fully saturated rings. The SMILES string of the molecule is CN=C1CC(C)(C)N(O)C(C)(C)C1. The van der Waals surface area contributed by atoms with Crippen molar-refractivity contribution in [2.45, 2.75) is 51.6 Å². The van der Waals surface area contributed by atoms with Gasteiger partial charge in [-0.15, -0.1) is 0 Å². The minimum atomic E-state index is -0.198. The van der Waals surface area contributed by atoms with Crippen LogP contribution in [0.2, 0.25) is 0 Å². The van der Waals surface area contributed by atoms with Gasteiger partial charge in [0.25, 0.3) is 0 Å². The van der Waals surface area contributed by atoms with E-state index in [9.17, 15) is 5.21 Å². The van der Waals surface area contributed by atoms with E-state index in [4.69, 9.17) is 0 Å². The number of rotatable bonds is 0. The van der Waals surface area contributed by atoms with Crippen molar-refractivity contribution in [3.8, 4) is 0 Å². The molecule has 0 aromatic heterocycles. The van der Waals surface area contributed by atoms with E-state index in [1.807, 2.05) is 34.7 Å². The van der Waals surface area contributed by atoms with Crippen molar-refractivity contribution in [1.29, 1.82) is 0 Å². The second-order valence-corrected chi connectivity index (χ2v) is 5.08. The third-order valence-corrected chi connectivity index (χ3v) is 2.74. The van der Waals surface area contributed by atoms with Gasteiger partial charge >= 0.3 is 0 Å². The molecule has 0 aromatic carbocycles. The van der Waals surface area contributed by atoms with Crippen LogP contribution in [-0.2, 0) is 0 Å². The zero-order chi connectivity index (χ0) is 10.3. The fourth-order valence-electron chi connectivity index (χ4n) is 2.19. The molecule has 0 radical (unpaired) electrons. The first kappa shape index (κ1) is 10.7. The Labute approximate surface area is 80.4 Å². The van der Waals surface area contributed by atoms with E-state index < -0.39 is 0 Å². The molecule has 3 heteroatoms. The van der Waals surface area contributed by atoms with Gasteiger partial charge < -0.3 is 5.21 Å². The van der Waals surface area contributed by atoms with Crippen LogP contribution in [0.4, 0.5) is 0 Å². The largest absolute Gasteiger partial charge is 0.313 e. The van der Waals surface area contributed by atoms with Crippen molar-refractivity contribution in [2.24, 2.45) is 4.99 Å². The van der Waals surface area contributed by atoms with Crippen molar-refractivity contribution in [2.75, 3.05) is 7.05 Å². The minimum absolute atomic E-state index is 0.198. The average molecular weight is 184 g/mol. The predicted octanol–water partition coefficient (Wildman–Crippen LogP) is 2.10. The smallest absolute Gasteiger partial charge is 0.0462 e. The zero-order valence-corrected chi connectivity index (χ0v) is 9.26. The Hall–Kier alpha value is -0.410. The van der Waals surface area contributed by atoms with Crippen molar-refractivity contribution in [3.63, 3.8) is 0 Å². The molecule has 0 aliphatic carbocycles. The van der Waals surface area contributed by atoms with Crippen molar-refractivity contribution in [3.05, 3.63) is 0 Å². The Bertz CT molecular complexity index is 211. The van der Waals surface area contributed by atoms with Crippen LogP contribution in [0.1, 0.15) is 40.5 Å². The van der Waals surface area contributed by atoms with Crippen LogP contribution in [0, 0.1) is 0 Å². The summed E-state index contributed by atoms with van der Waals surface area (Å²) in [5.74, 6) is 0. The molecule has 0 atom stereocenters. The lowest BCUT2D eigenvalue weighted by molar-refractivity contribution is -0.226. The maximum Gasteiger partial charge on any atom is 0.0462 e. The number of hydrogen-bond donors (Lipinski definition) is 1. The van der Waals surface area contributed by atoms with Gasteiger partial charge in [-0.1, -0.05) is 0 Å². The Morgan fingerprint density at radius 1 is 1.15 bits per heavy atom. The summed E-state index contributed by atoms with van der Waals surface area (Å²) in [7, 11) is 1.83. The van der Waals surface area contributed by atoms with Crippen LogP contribution >= 0.6 is 0 Å². The molecule has 0 amide bonds. The summed E-state index contributed by atoms with van der Waals surface area (Å²) in [6, 6.07) is 0. The maximum absolute atomic E-state index is 9.96. The van der Waals surface area contributed by atoms with Crippen molar-refractivity contribution >= 4 is 5.71 Å². The first-order valence-electron chi connectivity index (χ1n) is 4.73. The number of nitrogens with zero attached hydrogens (tertiary/aromatic N) is 2. The van der Waals surface area contributed by atoms with E-state index in [0.717, 1.165) is 12.8 Å². The highest BCUT2D eigenvalue weighted by molar-refractivity contribution is 5.87. The van der Waals surface area contributed by atoms with E-state index in [2.05, 4.69) is 4.99 Å². The Morgan fingerprint density at radius 3 is 1.85 bits per heavy atom. The summed E-state index contributed by atoms with van der Waals surface area (Å²) in [5, 5.41) is 11.4. The second-order valence-electron chi connectivity index (χ2n) is 5.08. The first-order chi connectivity index (χ1) is 5.79. The topological polar surface area (TPSA) is 35.8 Å². The fraction of sp³-hybridized carbons (Fsp3) is 0.900. The van der Waals surface area contributed by atoms with Gasteiger partial charge in [-0.05, 0) is 27.7 Å². The molecule has 1 saturated heterocycles. The van der Waals surface area contributed by atoms with Gasteiger partial charge in [0.1, 0.15) is 0 Å². The van der Waals surface area contributed by atoms with Crippen LogP contribution in [0.15, 0.2) is 4.99 Å². The third kappa shape index (κ3) is 1.92. The number of hydrogen-bond acceptors (Lipinski definition) is 3. The number of piperidine rings is 1. The van der Waals surface area contributed by atoms with Gasteiger partial charge in [-0.2, -0.15) is 5.06 Å². The minimum Gasteiger partial charge on any atom is -0.313 e. The lowest BCUT2D eigenvalue weighted by Crippen LogP contribution is -2.59. The van der Waals surface area contributed by atoms with Crippen molar-refractivity contribution in [1.82, 2.24) is 5.06 Å². The quantitative estimate of drug-likeness (QED) is 0.626. The molecule has 0 spiro atoms. The zero-order valence-electron chi connectivity index (χ0n) is 9.26. The van der Waals surface area contributed by atoms with Gasteiger partial charge in [0.15, 0.2) is 0 Å². The monoisotopic (exact) mass is 184 g/mol.